The highest BCUT2D eigenvalue weighted by Gasteiger charge is 2.15. The molecule has 0 amide bonds. The third kappa shape index (κ3) is 3.57. The second-order valence-corrected chi connectivity index (χ2v) is 5.69. The lowest BCUT2D eigenvalue weighted by molar-refractivity contribution is 0.414. The van der Waals surface area contributed by atoms with Gasteiger partial charge in [0.25, 0.3) is 0 Å². The van der Waals surface area contributed by atoms with Crippen molar-refractivity contribution in [1.29, 1.82) is 0 Å². The van der Waals surface area contributed by atoms with E-state index in [9.17, 15) is 0 Å². The van der Waals surface area contributed by atoms with Crippen LogP contribution in [0.1, 0.15) is 24.0 Å². The maximum atomic E-state index is 5.29. The first-order valence-corrected chi connectivity index (χ1v) is 8.03. The normalized spacial score (nSPS) is 14.4. The van der Waals surface area contributed by atoms with Crippen molar-refractivity contribution >= 4 is 5.57 Å². The van der Waals surface area contributed by atoms with Crippen LogP contribution in [-0.4, -0.2) is 27.3 Å². The highest BCUT2D eigenvalue weighted by molar-refractivity contribution is 5.82. The van der Waals surface area contributed by atoms with E-state index in [4.69, 9.17) is 9.47 Å². The Bertz CT molecular complexity index is 614. The molecule has 3 nitrogen and oxygen atoms in total. The summed E-state index contributed by atoms with van der Waals surface area (Å²) in [6, 6.07) is 16.7. The number of nitrogens with one attached hydrogen (secondary N) is 1. The number of ether oxygens (including phenoxy) is 2. The summed E-state index contributed by atoms with van der Waals surface area (Å²) in [7, 11) is 3.40. The minimum Gasteiger partial charge on any atom is -0.497 e. The molecule has 0 aliphatic carbocycles. The summed E-state index contributed by atoms with van der Waals surface area (Å²) in [5, 5.41) is 3.43. The van der Waals surface area contributed by atoms with Crippen molar-refractivity contribution in [1.82, 2.24) is 5.32 Å². The van der Waals surface area contributed by atoms with Crippen molar-refractivity contribution < 1.29 is 9.47 Å². The number of hydrogen-bond acceptors (Lipinski definition) is 3. The molecule has 1 aliphatic rings. The minimum absolute atomic E-state index is 0.887. The standard InChI is InChI=1S/C20H23NO2/c1-22-18-7-3-15(4-8-18)20(17-11-13-21-14-12-17)16-5-9-19(23-2)10-6-16/h3-10,21H,11-14H2,1-2H3. The molecule has 1 saturated heterocycles. The van der Waals surface area contributed by atoms with Crippen LogP contribution in [0.2, 0.25) is 0 Å². The van der Waals surface area contributed by atoms with Crippen molar-refractivity contribution in [2.24, 2.45) is 0 Å². The van der Waals surface area contributed by atoms with Crippen LogP contribution in [0.5, 0.6) is 11.5 Å². The van der Waals surface area contributed by atoms with Gasteiger partial charge in [0.05, 0.1) is 14.2 Å². The maximum absolute atomic E-state index is 5.29. The molecule has 1 aliphatic heterocycles. The van der Waals surface area contributed by atoms with Crippen LogP contribution >= 0.6 is 0 Å². The summed E-state index contributed by atoms with van der Waals surface area (Å²) < 4.78 is 10.6. The van der Waals surface area contributed by atoms with Crippen LogP contribution in [-0.2, 0) is 0 Å². The van der Waals surface area contributed by atoms with Gasteiger partial charge >= 0.3 is 0 Å². The molecule has 1 N–H and O–H groups in total. The summed E-state index contributed by atoms with van der Waals surface area (Å²) >= 11 is 0. The molecule has 3 heteroatoms. The fourth-order valence-electron chi connectivity index (χ4n) is 3.07. The van der Waals surface area contributed by atoms with E-state index >= 15 is 0 Å². The van der Waals surface area contributed by atoms with E-state index in [0.717, 1.165) is 37.4 Å². The molecule has 0 unspecified atom stereocenters. The second-order valence-electron chi connectivity index (χ2n) is 5.69. The zero-order valence-corrected chi connectivity index (χ0v) is 13.8. The smallest absolute Gasteiger partial charge is 0.118 e. The Balaban J connectivity index is 2.05. The molecule has 0 saturated carbocycles. The summed E-state index contributed by atoms with van der Waals surface area (Å²) in [5.74, 6) is 1.77. The van der Waals surface area contributed by atoms with Crippen LogP contribution in [0.25, 0.3) is 5.57 Å². The fourth-order valence-corrected chi connectivity index (χ4v) is 3.07. The predicted molar refractivity (Wildman–Crippen MR) is 94.1 cm³/mol. The zero-order valence-electron chi connectivity index (χ0n) is 13.8. The Morgan fingerprint density at radius 2 is 1.17 bits per heavy atom. The highest BCUT2D eigenvalue weighted by atomic mass is 16.5. The van der Waals surface area contributed by atoms with Crippen LogP contribution in [0, 0.1) is 0 Å². The zero-order chi connectivity index (χ0) is 16.1. The molecule has 0 atom stereocenters. The van der Waals surface area contributed by atoms with Crippen LogP contribution < -0.4 is 14.8 Å². The Morgan fingerprint density at radius 1 is 0.739 bits per heavy atom. The molecular weight excluding hydrogens is 286 g/mol. The van der Waals surface area contributed by atoms with E-state index in [0.29, 0.717) is 0 Å². The molecule has 2 aromatic rings. The topological polar surface area (TPSA) is 30.5 Å². The van der Waals surface area contributed by atoms with Crippen LogP contribution in [0.15, 0.2) is 54.1 Å². The molecule has 0 spiro atoms. The van der Waals surface area contributed by atoms with Gasteiger partial charge in [-0.3, -0.25) is 0 Å². The number of rotatable bonds is 4. The van der Waals surface area contributed by atoms with Gasteiger partial charge in [0.15, 0.2) is 0 Å². The van der Waals surface area contributed by atoms with Gasteiger partial charge in [0.1, 0.15) is 11.5 Å². The van der Waals surface area contributed by atoms with E-state index in [1.807, 2.05) is 24.3 Å². The Labute approximate surface area is 137 Å². The molecule has 120 valence electrons. The molecule has 0 radical (unpaired) electrons. The average Bonchev–Trinajstić information content (AvgIpc) is 2.64. The summed E-state index contributed by atoms with van der Waals surface area (Å²) in [6.07, 6.45) is 2.18. The number of piperidine rings is 1. The number of methoxy groups -OCH3 is 2. The van der Waals surface area contributed by atoms with Crippen LogP contribution in [0.4, 0.5) is 0 Å². The molecule has 2 aromatic carbocycles. The van der Waals surface area contributed by atoms with Crippen molar-refractivity contribution in [3.8, 4) is 11.5 Å². The highest BCUT2D eigenvalue weighted by Crippen LogP contribution is 2.32. The van der Waals surface area contributed by atoms with Gasteiger partial charge in [0.2, 0.25) is 0 Å². The SMILES string of the molecule is COc1ccc(C(=C2CCNCC2)c2ccc(OC)cc2)cc1. The molecule has 23 heavy (non-hydrogen) atoms. The van der Waals surface area contributed by atoms with Gasteiger partial charge in [0, 0.05) is 0 Å². The first-order chi connectivity index (χ1) is 11.3. The predicted octanol–water partition coefficient (Wildman–Crippen LogP) is 3.89. The maximum Gasteiger partial charge on any atom is 0.118 e. The lowest BCUT2D eigenvalue weighted by Crippen LogP contribution is -2.23. The van der Waals surface area contributed by atoms with E-state index in [1.54, 1.807) is 14.2 Å². The van der Waals surface area contributed by atoms with E-state index < -0.39 is 0 Å². The molecule has 1 fully saturated rings. The molecule has 0 bridgehead atoms. The Kier molecular flexibility index (Phi) is 4.99. The first kappa shape index (κ1) is 15.6. The van der Waals surface area contributed by atoms with Gasteiger partial charge in [-0.2, -0.15) is 0 Å². The lowest BCUT2D eigenvalue weighted by atomic mass is 9.89. The number of benzene rings is 2. The summed E-state index contributed by atoms with van der Waals surface area (Å²) in [6.45, 7) is 2.09. The third-order valence-electron chi connectivity index (χ3n) is 4.32. The molecular formula is C20H23NO2. The summed E-state index contributed by atoms with van der Waals surface area (Å²) in [5.41, 5.74) is 5.34. The second kappa shape index (κ2) is 7.34. The number of hydrogen-bond donors (Lipinski definition) is 1. The summed E-state index contributed by atoms with van der Waals surface area (Å²) in [4.78, 5) is 0. The van der Waals surface area contributed by atoms with Crippen LogP contribution in [0.3, 0.4) is 0 Å². The largest absolute Gasteiger partial charge is 0.497 e. The first-order valence-electron chi connectivity index (χ1n) is 8.03. The van der Waals surface area contributed by atoms with Crippen molar-refractivity contribution in [3.05, 3.63) is 65.2 Å². The molecule has 3 rings (SSSR count). The van der Waals surface area contributed by atoms with Gasteiger partial charge in [-0.25, -0.2) is 0 Å². The minimum atomic E-state index is 0.887. The van der Waals surface area contributed by atoms with E-state index in [2.05, 4.69) is 29.6 Å². The van der Waals surface area contributed by atoms with E-state index in [-0.39, 0.29) is 0 Å². The average molecular weight is 309 g/mol. The molecule has 1 heterocycles. The van der Waals surface area contributed by atoms with Gasteiger partial charge in [-0.15, -0.1) is 0 Å². The van der Waals surface area contributed by atoms with Crippen molar-refractivity contribution in [3.63, 3.8) is 0 Å². The van der Waals surface area contributed by atoms with Gasteiger partial charge < -0.3 is 14.8 Å². The van der Waals surface area contributed by atoms with Gasteiger partial charge in [-0.05, 0) is 66.9 Å². The fraction of sp³-hybridized carbons (Fsp3) is 0.300. The van der Waals surface area contributed by atoms with E-state index in [1.165, 1.54) is 22.3 Å². The van der Waals surface area contributed by atoms with Gasteiger partial charge in [-0.1, -0.05) is 29.8 Å². The Morgan fingerprint density at radius 3 is 1.57 bits per heavy atom. The van der Waals surface area contributed by atoms with Crippen molar-refractivity contribution in [2.75, 3.05) is 27.3 Å². The van der Waals surface area contributed by atoms with Crippen molar-refractivity contribution in [2.45, 2.75) is 12.8 Å². The molecule has 0 aromatic heterocycles. The quantitative estimate of drug-likeness (QED) is 0.929. The monoisotopic (exact) mass is 309 g/mol. The lowest BCUT2D eigenvalue weighted by Gasteiger charge is -2.21. The Hall–Kier alpha value is -2.26. The third-order valence-corrected chi connectivity index (χ3v) is 4.32.